The van der Waals surface area contributed by atoms with Gasteiger partial charge in [0.2, 0.25) is 0 Å². The molecule has 5 nitrogen and oxygen atoms in total. The predicted molar refractivity (Wildman–Crippen MR) is 117 cm³/mol. The second kappa shape index (κ2) is 9.09. The van der Waals surface area contributed by atoms with Gasteiger partial charge >= 0.3 is 0 Å². The maximum Gasteiger partial charge on any atom is 0.254 e. The number of hydrogen-bond acceptors (Lipinski definition) is 3. The number of amides is 1. The van der Waals surface area contributed by atoms with E-state index < -0.39 is 0 Å². The lowest BCUT2D eigenvalue weighted by molar-refractivity contribution is 0.0784. The summed E-state index contributed by atoms with van der Waals surface area (Å²) in [6.45, 7) is 0.938. The van der Waals surface area contributed by atoms with Crippen molar-refractivity contribution in [2.24, 2.45) is 0 Å². The maximum absolute atomic E-state index is 12.9. The lowest BCUT2D eigenvalue weighted by Gasteiger charge is -2.17. The summed E-state index contributed by atoms with van der Waals surface area (Å²) in [5, 5.41) is 4.40. The van der Waals surface area contributed by atoms with E-state index in [-0.39, 0.29) is 5.91 Å². The number of nitrogens with zero attached hydrogens (tertiary/aromatic N) is 3. The lowest BCUT2D eigenvalue weighted by Crippen LogP contribution is -2.26. The highest BCUT2D eigenvalue weighted by atomic mass is 16.5. The maximum atomic E-state index is 12.9. The van der Waals surface area contributed by atoms with E-state index in [9.17, 15) is 4.79 Å². The van der Waals surface area contributed by atoms with Crippen LogP contribution in [0.4, 0.5) is 0 Å². The predicted octanol–water partition coefficient (Wildman–Crippen LogP) is 4.72. The molecule has 0 saturated carbocycles. The molecule has 0 radical (unpaired) electrons. The van der Waals surface area contributed by atoms with Crippen molar-refractivity contribution in [1.29, 1.82) is 0 Å². The standard InChI is InChI=1S/C25H23N3O2/c1-27(17-21-16-26-28(18-21)23-12-6-3-7-13-23)25(29)22-11-8-14-24(15-22)30-19-20-9-4-2-5-10-20/h2-16,18H,17,19H2,1H3. The molecule has 1 aromatic heterocycles. The average molecular weight is 397 g/mol. The van der Waals surface area contributed by atoms with E-state index in [2.05, 4.69) is 5.10 Å². The third kappa shape index (κ3) is 4.75. The fourth-order valence-electron chi connectivity index (χ4n) is 3.19. The van der Waals surface area contributed by atoms with Gasteiger partial charge in [-0.1, -0.05) is 54.6 Å². The van der Waals surface area contributed by atoms with Crippen molar-refractivity contribution in [3.05, 3.63) is 114 Å². The Labute approximate surface area is 176 Å². The van der Waals surface area contributed by atoms with Crippen LogP contribution >= 0.6 is 0 Å². The highest BCUT2D eigenvalue weighted by Crippen LogP contribution is 2.17. The molecule has 0 aliphatic carbocycles. The van der Waals surface area contributed by atoms with Crippen LogP contribution < -0.4 is 4.74 Å². The lowest BCUT2D eigenvalue weighted by atomic mass is 10.2. The molecule has 0 aliphatic heterocycles. The van der Waals surface area contributed by atoms with Gasteiger partial charge in [0, 0.05) is 30.9 Å². The van der Waals surface area contributed by atoms with Crippen molar-refractivity contribution in [3.8, 4) is 11.4 Å². The molecule has 0 aliphatic rings. The Morgan fingerprint density at radius 2 is 1.67 bits per heavy atom. The van der Waals surface area contributed by atoms with E-state index in [0.29, 0.717) is 24.5 Å². The number of carbonyl (C=O) groups is 1. The summed E-state index contributed by atoms with van der Waals surface area (Å²) in [5.74, 6) is 0.614. The first kappa shape index (κ1) is 19.5. The first-order chi connectivity index (χ1) is 14.7. The van der Waals surface area contributed by atoms with E-state index in [0.717, 1.165) is 16.8 Å². The number of ether oxygens (including phenoxy) is 1. The fraction of sp³-hybridized carbons (Fsp3) is 0.120. The van der Waals surface area contributed by atoms with Crippen molar-refractivity contribution in [1.82, 2.24) is 14.7 Å². The SMILES string of the molecule is CN(Cc1cnn(-c2ccccc2)c1)C(=O)c1cccc(OCc2ccccc2)c1. The zero-order valence-electron chi connectivity index (χ0n) is 16.8. The largest absolute Gasteiger partial charge is 0.489 e. The number of carbonyl (C=O) groups excluding carboxylic acids is 1. The number of rotatable bonds is 7. The van der Waals surface area contributed by atoms with E-state index in [1.165, 1.54) is 0 Å². The van der Waals surface area contributed by atoms with Crippen LogP contribution in [-0.2, 0) is 13.2 Å². The van der Waals surface area contributed by atoms with Gasteiger partial charge in [0.1, 0.15) is 12.4 Å². The zero-order valence-corrected chi connectivity index (χ0v) is 16.8. The summed E-state index contributed by atoms with van der Waals surface area (Å²) in [6, 6.07) is 27.2. The van der Waals surface area contributed by atoms with E-state index in [4.69, 9.17) is 4.74 Å². The Morgan fingerprint density at radius 1 is 0.933 bits per heavy atom. The van der Waals surface area contributed by atoms with Crippen molar-refractivity contribution < 1.29 is 9.53 Å². The summed E-state index contributed by atoms with van der Waals surface area (Å²) >= 11 is 0. The topological polar surface area (TPSA) is 47.4 Å². The Bertz CT molecular complexity index is 1110. The van der Waals surface area contributed by atoms with Crippen LogP contribution in [0.25, 0.3) is 5.69 Å². The molecule has 30 heavy (non-hydrogen) atoms. The summed E-state index contributed by atoms with van der Waals surface area (Å²) in [4.78, 5) is 14.6. The van der Waals surface area contributed by atoms with E-state index in [1.807, 2.05) is 89.7 Å². The molecular weight excluding hydrogens is 374 g/mol. The monoisotopic (exact) mass is 397 g/mol. The van der Waals surface area contributed by atoms with Gasteiger partial charge < -0.3 is 9.64 Å². The minimum Gasteiger partial charge on any atom is -0.489 e. The molecular formula is C25H23N3O2. The summed E-state index contributed by atoms with van der Waals surface area (Å²) in [5.41, 5.74) is 3.63. The molecule has 0 saturated heterocycles. The van der Waals surface area contributed by atoms with Gasteiger partial charge in [-0.15, -0.1) is 0 Å². The number of hydrogen-bond donors (Lipinski definition) is 0. The van der Waals surface area contributed by atoms with Gasteiger partial charge in [0.15, 0.2) is 0 Å². The fourth-order valence-corrected chi connectivity index (χ4v) is 3.19. The van der Waals surface area contributed by atoms with Crippen LogP contribution in [0.1, 0.15) is 21.5 Å². The molecule has 0 atom stereocenters. The summed E-state index contributed by atoms with van der Waals surface area (Å²) in [6.07, 6.45) is 3.73. The van der Waals surface area contributed by atoms with Gasteiger partial charge in [0.05, 0.1) is 11.9 Å². The van der Waals surface area contributed by atoms with Gasteiger partial charge in [-0.2, -0.15) is 5.10 Å². The van der Waals surface area contributed by atoms with Gasteiger partial charge in [-0.05, 0) is 35.9 Å². The Balaban J connectivity index is 1.40. The number of aromatic nitrogens is 2. The van der Waals surface area contributed by atoms with Crippen LogP contribution in [0.3, 0.4) is 0 Å². The molecule has 0 spiro atoms. The van der Waals surface area contributed by atoms with Crippen LogP contribution in [0.15, 0.2) is 97.3 Å². The zero-order chi connectivity index (χ0) is 20.8. The second-order valence-electron chi connectivity index (χ2n) is 7.09. The smallest absolute Gasteiger partial charge is 0.254 e. The normalized spacial score (nSPS) is 10.6. The second-order valence-corrected chi connectivity index (χ2v) is 7.09. The van der Waals surface area contributed by atoms with Gasteiger partial charge in [-0.3, -0.25) is 4.79 Å². The first-order valence-electron chi connectivity index (χ1n) is 9.80. The summed E-state index contributed by atoms with van der Waals surface area (Å²) < 4.78 is 7.66. The van der Waals surface area contributed by atoms with Crippen molar-refractivity contribution in [2.75, 3.05) is 7.05 Å². The van der Waals surface area contributed by atoms with E-state index in [1.54, 1.807) is 24.2 Å². The molecule has 0 N–H and O–H groups in total. The van der Waals surface area contributed by atoms with Crippen molar-refractivity contribution in [2.45, 2.75) is 13.2 Å². The quantitative estimate of drug-likeness (QED) is 0.453. The molecule has 3 aromatic carbocycles. The minimum absolute atomic E-state index is 0.0624. The van der Waals surface area contributed by atoms with Crippen molar-refractivity contribution in [3.63, 3.8) is 0 Å². The Kier molecular flexibility index (Phi) is 5.90. The third-order valence-corrected chi connectivity index (χ3v) is 4.75. The molecule has 5 heteroatoms. The molecule has 4 aromatic rings. The third-order valence-electron chi connectivity index (χ3n) is 4.75. The first-order valence-corrected chi connectivity index (χ1v) is 9.80. The van der Waals surface area contributed by atoms with Crippen LogP contribution in [0, 0.1) is 0 Å². The van der Waals surface area contributed by atoms with Gasteiger partial charge in [0.25, 0.3) is 5.91 Å². The molecule has 150 valence electrons. The van der Waals surface area contributed by atoms with Gasteiger partial charge in [-0.25, -0.2) is 4.68 Å². The number of para-hydroxylation sites is 1. The number of benzene rings is 3. The highest BCUT2D eigenvalue weighted by Gasteiger charge is 2.14. The Morgan fingerprint density at radius 3 is 2.43 bits per heavy atom. The van der Waals surface area contributed by atoms with Crippen LogP contribution in [0.2, 0.25) is 0 Å². The molecule has 1 heterocycles. The molecule has 0 unspecified atom stereocenters. The Hall–Kier alpha value is -3.86. The average Bonchev–Trinajstić information content (AvgIpc) is 3.27. The molecule has 0 fully saturated rings. The van der Waals surface area contributed by atoms with E-state index >= 15 is 0 Å². The summed E-state index contributed by atoms with van der Waals surface area (Å²) in [7, 11) is 1.79. The highest BCUT2D eigenvalue weighted by molar-refractivity contribution is 5.94. The minimum atomic E-state index is -0.0624. The van der Waals surface area contributed by atoms with Crippen LogP contribution in [-0.4, -0.2) is 27.6 Å². The molecule has 0 bridgehead atoms. The molecule has 4 rings (SSSR count). The molecule has 1 amide bonds. The van der Waals surface area contributed by atoms with Crippen LogP contribution in [0.5, 0.6) is 5.75 Å². The van der Waals surface area contributed by atoms with Crippen molar-refractivity contribution >= 4 is 5.91 Å².